The van der Waals surface area contributed by atoms with Gasteiger partial charge in [-0.25, -0.2) is 0 Å². The highest BCUT2D eigenvalue weighted by Gasteiger charge is 1.91. The van der Waals surface area contributed by atoms with E-state index < -0.39 is 0 Å². The molecule has 1 aromatic carbocycles. The van der Waals surface area contributed by atoms with Crippen molar-refractivity contribution in [3.05, 3.63) is 28.7 Å². The molecule has 0 amide bonds. The van der Waals surface area contributed by atoms with Crippen LogP contribution in [0.3, 0.4) is 0 Å². The van der Waals surface area contributed by atoms with Gasteiger partial charge in [-0.15, -0.1) is 0 Å². The van der Waals surface area contributed by atoms with Gasteiger partial charge in [0.05, 0.1) is 6.61 Å². The van der Waals surface area contributed by atoms with Gasteiger partial charge in [0.2, 0.25) is 0 Å². The van der Waals surface area contributed by atoms with Gasteiger partial charge in [0.25, 0.3) is 0 Å². The first-order chi connectivity index (χ1) is 8.24. The third-order valence-corrected chi connectivity index (χ3v) is 3.16. The second kappa shape index (κ2) is 12.4. The van der Waals surface area contributed by atoms with E-state index in [0.717, 1.165) is 28.6 Å². The molecule has 0 fully saturated rings. The fourth-order valence-corrected chi connectivity index (χ4v) is 1.82. The van der Waals surface area contributed by atoms with Crippen LogP contribution < -0.4 is 4.74 Å². The Morgan fingerprint density at radius 1 is 1.00 bits per heavy atom. The highest BCUT2D eigenvalue weighted by atomic mass is 79.9. The minimum atomic E-state index is 0.818. The highest BCUT2D eigenvalue weighted by molar-refractivity contribution is 9.10. The Labute approximate surface area is 122 Å². The van der Waals surface area contributed by atoms with Crippen LogP contribution in [0.2, 0.25) is 0 Å². The van der Waals surface area contributed by atoms with Crippen molar-refractivity contribution in [3.63, 3.8) is 0 Å². The van der Waals surface area contributed by atoms with E-state index in [1.54, 1.807) is 0 Å². The van der Waals surface area contributed by atoms with Gasteiger partial charge in [-0.2, -0.15) is 0 Å². The highest BCUT2D eigenvalue weighted by Crippen LogP contribution is 2.16. The lowest BCUT2D eigenvalue weighted by atomic mass is 10.3. The van der Waals surface area contributed by atoms with Crippen LogP contribution in [0.25, 0.3) is 0 Å². The van der Waals surface area contributed by atoms with E-state index >= 15 is 0 Å². The predicted octanol–water partition coefficient (Wildman–Crippen LogP) is 5.81. The molecule has 0 aliphatic heterocycles. The summed E-state index contributed by atoms with van der Waals surface area (Å²) in [6.45, 7) is 5.16. The number of alkyl halides is 1. The molecule has 1 aromatic rings. The minimum absolute atomic E-state index is 0.818. The Hall–Kier alpha value is -0.0200. The van der Waals surface area contributed by atoms with Crippen molar-refractivity contribution in [1.82, 2.24) is 0 Å². The van der Waals surface area contributed by atoms with Crippen molar-refractivity contribution >= 4 is 31.9 Å². The summed E-state index contributed by atoms with van der Waals surface area (Å²) in [4.78, 5) is 0. The van der Waals surface area contributed by atoms with E-state index in [0.29, 0.717) is 0 Å². The molecule has 0 aliphatic carbocycles. The Morgan fingerprint density at radius 3 is 2.00 bits per heavy atom. The molecular formula is C14H22Br2O. The fourth-order valence-electron chi connectivity index (χ4n) is 0.999. The van der Waals surface area contributed by atoms with Crippen LogP contribution in [-0.4, -0.2) is 11.9 Å². The largest absolute Gasteiger partial charge is 0.494 e. The lowest BCUT2D eigenvalue weighted by molar-refractivity contribution is 0.309. The number of benzene rings is 1. The molecule has 3 heteroatoms. The molecule has 1 rings (SSSR count). The van der Waals surface area contributed by atoms with Crippen LogP contribution in [-0.2, 0) is 0 Å². The molecule has 0 saturated heterocycles. The van der Waals surface area contributed by atoms with E-state index in [2.05, 4.69) is 45.7 Å². The van der Waals surface area contributed by atoms with Crippen LogP contribution in [0.4, 0.5) is 0 Å². The SMILES string of the molecule is CCCCBr.CCCCOc1ccc(Br)cc1. The van der Waals surface area contributed by atoms with E-state index in [-0.39, 0.29) is 0 Å². The fraction of sp³-hybridized carbons (Fsp3) is 0.571. The van der Waals surface area contributed by atoms with Crippen LogP contribution >= 0.6 is 31.9 Å². The van der Waals surface area contributed by atoms with Crippen molar-refractivity contribution in [3.8, 4) is 5.75 Å². The monoisotopic (exact) mass is 364 g/mol. The molecule has 0 radical (unpaired) electrons. The van der Waals surface area contributed by atoms with Crippen molar-refractivity contribution < 1.29 is 4.74 Å². The average Bonchev–Trinajstić information content (AvgIpc) is 2.34. The number of hydrogen-bond acceptors (Lipinski definition) is 1. The van der Waals surface area contributed by atoms with E-state index in [9.17, 15) is 0 Å². The molecule has 17 heavy (non-hydrogen) atoms. The van der Waals surface area contributed by atoms with Gasteiger partial charge in [-0.05, 0) is 37.1 Å². The second-order valence-corrected chi connectivity index (χ2v) is 5.41. The first-order valence-corrected chi connectivity index (χ1v) is 8.10. The summed E-state index contributed by atoms with van der Waals surface area (Å²) in [5.74, 6) is 0.951. The average molecular weight is 366 g/mol. The van der Waals surface area contributed by atoms with Gasteiger partial charge in [0.15, 0.2) is 0 Å². The number of hydrogen-bond donors (Lipinski definition) is 0. The summed E-state index contributed by atoms with van der Waals surface area (Å²) in [6.07, 6.45) is 4.90. The molecular weight excluding hydrogens is 344 g/mol. The summed E-state index contributed by atoms with van der Waals surface area (Å²) in [5.41, 5.74) is 0. The quantitative estimate of drug-likeness (QED) is 0.456. The summed E-state index contributed by atoms with van der Waals surface area (Å²) in [6, 6.07) is 7.92. The van der Waals surface area contributed by atoms with Gasteiger partial charge in [-0.1, -0.05) is 58.5 Å². The standard InChI is InChI=1S/C10H13BrO.C4H9Br/c1-2-3-8-12-10-6-4-9(11)5-7-10;1-2-3-4-5/h4-7H,2-3,8H2,1H3;2-4H2,1H3. The lowest BCUT2D eigenvalue weighted by Crippen LogP contribution is -1.95. The molecule has 0 aromatic heterocycles. The van der Waals surface area contributed by atoms with Crippen LogP contribution in [0.1, 0.15) is 39.5 Å². The molecule has 1 nitrogen and oxygen atoms in total. The van der Waals surface area contributed by atoms with Crippen molar-refractivity contribution in [1.29, 1.82) is 0 Å². The molecule has 0 unspecified atom stereocenters. The van der Waals surface area contributed by atoms with Crippen molar-refractivity contribution in [2.75, 3.05) is 11.9 Å². The Balaban J connectivity index is 0.000000437. The molecule has 0 N–H and O–H groups in total. The normalized spacial score (nSPS) is 9.41. The van der Waals surface area contributed by atoms with E-state index in [4.69, 9.17) is 4.74 Å². The van der Waals surface area contributed by atoms with Crippen molar-refractivity contribution in [2.24, 2.45) is 0 Å². The predicted molar refractivity (Wildman–Crippen MR) is 83.2 cm³/mol. The van der Waals surface area contributed by atoms with Gasteiger partial charge < -0.3 is 4.74 Å². The van der Waals surface area contributed by atoms with Gasteiger partial charge in [0, 0.05) is 9.80 Å². The molecule has 0 heterocycles. The first-order valence-electron chi connectivity index (χ1n) is 6.18. The van der Waals surface area contributed by atoms with Crippen LogP contribution in [0.15, 0.2) is 28.7 Å². The summed E-state index contributed by atoms with van der Waals surface area (Å²) < 4.78 is 6.57. The van der Waals surface area contributed by atoms with Gasteiger partial charge in [-0.3, -0.25) is 0 Å². The van der Waals surface area contributed by atoms with Crippen LogP contribution in [0, 0.1) is 0 Å². The van der Waals surface area contributed by atoms with Gasteiger partial charge in [0.1, 0.15) is 5.75 Å². The molecule has 0 saturated carbocycles. The van der Waals surface area contributed by atoms with Crippen LogP contribution in [0.5, 0.6) is 5.75 Å². The number of halogens is 2. The maximum atomic E-state index is 5.48. The molecule has 0 spiro atoms. The second-order valence-electron chi connectivity index (χ2n) is 3.70. The zero-order valence-corrected chi connectivity index (χ0v) is 13.9. The third kappa shape index (κ3) is 10.8. The van der Waals surface area contributed by atoms with Crippen molar-refractivity contribution in [2.45, 2.75) is 39.5 Å². The first kappa shape index (κ1) is 17.0. The Bertz CT molecular complexity index is 257. The topological polar surface area (TPSA) is 9.23 Å². The Kier molecular flexibility index (Phi) is 12.4. The number of ether oxygens (including phenoxy) is 1. The van der Waals surface area contributed by atoms with E-state index in [1.807, 2.05) is 24.3 Å². The Morgan fingerprint density at radius 2 is 1.59 bits per heavy atom. The summed E-state index contributed by atoms with van der Waals surface area (Å²) >= 11 is 6.68. The molecule has 0 atom stereocenters. The zero-order chi connectivity index (χ0) is 12.9. The zero-order valence-electron chi connectivity index (χ0n) is 10.7. The molecule has 0 bridgehead atoms. The lowest BCUT2D eigenvalue weighted by Gasteiger charge is -2.04. The summed E-state index contributed by atoms with van der Waals surface area (Å²) in [7, 11) is 0. The minimum Gasteiger partial charge on any atom is -0.494 e. The number of rotatable bonds is 6. The molecule has 98 valence electrons. The third-order valence-electron chi connectivity index (χ3n) is 2.07. The maximum absolute atomic E-state index is 5.48. The smallest absolute Gasteiger partial charge is 0.119 e. The maximum Gasteiger partial charge on any atom is 0.119 e. The van der Waals surface area contributed by atoms with Gasteiger partial charge >= 0.3 is 0 Å². The summed E-state index contributed by atoms with van der Waals surface area (Å²) in [5, 5.41) is 1.16. The van der Waals surface area contributed by atoms with E-state index in [1.165, 1.54) is 19.3 Å². The number of unbranched alkanes of at least 4 members (excludes halogenated alkanes) is 2. The molecule has 0 aliphatic rings.